The first kappa shape index (κ1) is 9.02. The van der Waals surface area contributed by atoms with E-state index in [1.807, 2.05) is 0 Å². The molecule has 0 saturated carbocycles. The molecule has 0 heterocycles. The summed E-state index contributed by atoms with van der Waals surface area (Å²) in [6, 6.07) is -1.00. The molecule has 66 valence electrons. The molecule has 0 spiro atoms. The lowest BCUT2D eigenvalue weighted by Crippen LogP contribution is -2.44. The lowest BCUT2D eigenvalue weighted by atomic mass is 9.94. The molecule has 6 nitrogen and oxygen atoms in total. The molecule has 0 unspecified atom stereocenters. The fraction of sp³-hybridized carbons (Fsp3) is 0.667. The van der Waals surface area contributed by atoms with Crippen LogP contribution in [0.4, 0.5) is 0 Å². The van der Waals surface area contributed by atoms with E-state index in [9.17, 15) is 5.11 Å². The van der Waals surface area contributed by atoms with Crippen LogP contribution >= 0.6 is 0 Å². The van der Waals surface area contributed by atoms with Crippen LogP contribution in [0.15, 0.2) is 17.3 Å². The molecular weight excluding hydrogens is 162 g/mol. The molecule has 1 aliphatic carbocycles. The van der Waals surface area contributed by atoms with Gasteiger partial charge in [0.15, 0.2) is 0 Å². The standard InChI is InChI=1S/C6H9N3O3/c7-9-8-5-3(10)1-2-4(11)6(5)12/h1-6,10-12H/t3-,4-,5+,6+/m1/s1. The number of rotatable bonds is 1. The zero-order chi connectivity index (χ0) is 9.14. The zero-order valence-corrected chi connectivity index (χ0v) is 6.15. The summed E-state index contributed by atoms with van der Waals surface area (Å²) in [5.41, 5.74) is 8.07. The lowest BCUT2D eigenvalue weighted by Gasteiger charge is -2.27. The Morgan fingerprint density at radius 2 is 1.75 bits per heavy atom. The summed E-state index contributed by atoms with van der Waals surface area (Å²) in [6.07, 6.45) is -0.792. The van der Waals surface area contributed by atoms with Gasteiger partial charge < -0.3 is 15.3 Å². The summed E-state index contributed by atoms with van der Waals surface area (Å²) < 4.78 is 0. The Morgan fingerprint density at radius 3 is 2.33 bits per heavy atom. The topological polar surface area (TPSA) is 109 Å². The van der Waals surface area contributed by atoms with E-state index in [-0.39, 0.29) is 0 Å². The largest absolute Gasteiger partial charge is 0.390 e. The summed E-state index contributed by atoms with van der Waals surface area (Å²) in [5, 5.41) is 30.6. The van der Waals surface area contributed by atoms with E-state index in [0.29, 0.717) is 0 Å². The van der Waals surface area contributed by atoms with Crippen molar-refractivity contribution in [3.05, 3.63) is 22.6 Å². The van der Waals surface area contributed by atoms with Crippen molar-refractivity contribution in [3.8, 4) is 0 Å². The molecule has 0 radical (unpaired) electrons. The van der Waals surface area contributed by atoms with Crippen molar-refractivity contribution >= 4 is 0 Å². The molecule has 0 amide bonds. The molecule has 12 heavy (non-hydrogen) atoms. The highest BCUT2D eigenvalue weighted by Crippen LogP contribution is 2.16. The van der Waals surface area contributed by atoms with Gasteiger partial charge in [-0.3, -0.25) is 0 Å². The molecule has 0 aliphatic heterocycles. The number of hydrogen-bond acceptors (Lipinski definition) is 4. The molecule has 0 aromatic rings. The van der Waals surface area contributed by atoms with Crippen molar-refractivity contribution in [1.29, 1.82) is 0 Å². The van der Waals surface area contributed by atoms with Gasteiger partial charge in [0.1, 0.15) is 0 Å². The third kappa shape index (κ3) is 1.57. The molecule has 1 rings (SSSR count). The molecule has 6 heteroatoms. The third-order valence-corrected chi connectivity index (χ3v) is 1.74. The Labute approximate surface area is 68.4 Å². The SMILES string of the molecule is [N-]=[N+]=N[C@@H]1[C@@H](O)[C@H](O)C=C[C@H]1O. The van der Waals surface area contributed by atoms with Gasteiger partial charge in [-0.25, -0.2) is 0 Å². The van der Waals surface area contributed by atoms with Gasteiger partial charge in [0.25, 0.3) is 0 Å². The second kappa shape index (κ2) is 3.55. The Bertz CT molecular complexity index is 236. The normalized spacial score (nSPS) is 40.6. The second-order valence-corrected chi connectivity index (χ2v) is 2.55. The summed E-state index contributed by atoms with van der Waals surface area (Å²) in [7, 11) is 0. The number of hydrogen-bond donors (Lipinski definition) is 3. The van der Waals surface area contributed by atoms with Crippen LogP contribution in [-0.2, 0) is 0 Å². The van der Waals surface area contributed by atoms with Crippen LogP contribution in [0.2, 0.25) is 0 Å². The summed E-state index contributed by atoms with van der Waals surface area (Å²) in [6.45, 7) is 0. The van der Waals surface area contributed by atoms with Crippen molar-refractivity contribution in [3.63, 3.8) is 0 Å². The van der Waals surface area contributed by atoms with Crippen LogP contribution in [0.3, 0.4) is 0 Å². The van der Waals surface area contributed by atoms with Gasteiger partial charge in [-0.05, 0) is 5.53 Å². The average molecular weight is 171 g/mol. The van der Waals surface area contributed by atoms with Crippen LogP contribution in [0.5, 0.6) is 0 Å². The highest BCUT2D eigenvalue weighted by atomic mass is 16.3. The predicted molar refractivity (Wildman–Crippen MR) is 40.1 cm³/mol. The van der Waals surface area contributed by atoms with Crippen molar-refractivity contribution < 1.29 is 15.3 Å². The van der Waals surface area contributed by atoms with Gasteiger partial charge in [-0.2, -0.15) is 0 Å². The molecule has 1 aliphatic rings. The minimum atomic E-state index is -1.24. The van der Waals surface area contributed by atoms with E-state index in [0.717, 1.165) is 0 Å². The number of nitrogens with zero attached hydrogens (tertiary/aromatic N) is 3. The fourth-order valence-electron chi connectivity index (χ4n) is 1.06. The molecule has 0 fully saturated rings. The molecule has 0 aromatic carbocycles. The second-order valence-electron chi connectivity index (χ2n) is 2.55. The lowest BCUT2D eigenvalue weighted by molar-refractivity contribution is -0.00608. The third-order valence-electron chi connectivity index (χ3n) is 1.74. The highest BCUT2D eigenvalue weighted by molar-refractivity contribution is 5.10. The minimum absolute atomic E-state index is 1.00. The molecule has 3 N–H and O–H groups in total. The Kier molecular flexibility index (Phi) is 2.67. The van der Waals surface area contributed by atoms with Gasteiger partial charge >= 0.3 is 0 Å². The number of aliphatic hydroxyl groups excluding tert-OH is 3. The summed E-state index contributed by atoms with van der Waals surface area (Å²) in [5.74, 6) is 0. The van der Waals surface area contributed by atoms with E-state index in [4.69, 9.17) is 15.7 Å². The van der Waals surface area contributed by atoms with E-state index < -0.39 is 24.4 Å². The van der Waals surface area contributed by atoms with Gasteiger partial charge in [-0.15, -0.1) is 0 Å². The Hall–Kier alpha value is -1.07. The van der Waals surface area contributed by atoms with Crippen molar-refractivity contribution in [2.24, 2.45) is 5.11 Å². The maximum absolute atomic E-state index is 9.21. The van der Waals surface area contributed by atoms with Crippen LogP contribution < -0.4 is 0 Å². The highest BCUT2D eigenvalue weighted by Gasteiger charge is 2.32. The number of aliphatic hydroxyl groups is 3. The zero-order valence-electron chi connectivity index (χ0n) is 6.15. The van der Waals surface area contributed by atoms with Gasteiger partial charge in [0, 0.05) is 4.91 Å². The van der Waals surface area contributed by atoms with Crippen LogP contribution in [0.1, 0.15) is 0 Å². The van der Waals surface area contributed by atoms with Crippen molar-refractivity contribution in [2.45, 2.75) is 24.4 Å². The first-order chi connectivity index (χ1) is 5.66. The van der Waals surface area contributed by atoms with E-state index in [2.05, 4.69) is 10.0 Å². The molecule has 4 atom stereocenters. The van der Waals surface area contributed by atoms with Crippen LogP contribution in [0, 0.1) is 0 Å². The predicted octanol–water partition coefficient (Wildman–Crippen LogP) is -0.682. The van der Waals surface area contributed by atoms with Crippen LogP contribution in [-0.4, -0.2) is 39.7 Å². The monoisotopic (exact) mass is 171 g/mol. The maximum Gasteiger partial charge on any atom is 0.0986 e. The number of azide groups is 1. The van der Waals surface area contributed by atoms with Crippen molar-refractivity contribution in [1.82, 2.24) is 0 Å². The fourth-order valence-corrected chi connectivity index (χ4v) is 1.06. The van der Waals surface area contributed by atoms with Crippen LogP contribution in [0.25, 0.3) is 10.4 Å². The maximum atomic E-state index is 9.21. The first-order valence-electron chi connectivity index (χ1n) is 3.43. The van der Waals surface area contributed by atoms with E-state index in [1.54, 1.807) is 0 Å². The molecule has 0 aromatic heterocycles. The van der Waals surface area contributed by atoms with Gasteiger partial charge in [0.2, 0.25) is 0 Å². The molecule has 0 saturated heterocycles. The van der Waals surface area contributed by atoms with Gasteiger partial charge in [0.05, 0.1) is 24.4 Å². The average Bonchev–Trinajstić information content (AvgIpc) is 2.06. The molecule has 0 bridgehead atoms. The summed E-state index contributed by atoms with van der Waals surface area (Å²) in [4.78, 5) is 2.45. The van der Waals surface area contributed by atoms with Gasteiger partial charge in [-0.1, -0.05) is 17.3 Å². The van der Waals surface area contributed by atoms with E-state index in [1.165, 1.54) is 12.2 Å². The molecular formula is C6H9N3O3. The van der Waals surface area contributed by atoms with Crippen molar-refractivity contribution in [2.75, 3.05) is 0 Å². The minimum Gasteiger partial charge on any atom is -0.390 e. The van der Waals surface area contributed by atoms with E-state index >= 15 is 0 Å². The first-order valence-corrected chi connectivity index (χ1v) is 3.43. The Balaban J connectivity index is 2.83. The summed E-state index contributed by atoms with van der Waals surface area (Å²) >= 11 is 0. The smallest absolute Gasteiger partial charge is 0.0986 e. The quantitative estimate of drug-likeness (QED) is 0.210. The Morgan fingerprint density at radius 1 is 1.17 bits per heavy atom.